The number of rotatable bonds is 4. The van der Waals surface area contributed by atoms with E-state index in [1.54, 1.807) is 12.1 Å². The fourth-order valence-electron chi connectivity index (χ4n) is 3.71. The zero-order chi connectivity index (χ0) is 17.1. The van der Waals surface area contributed by atoms with E-state index >= 15 is 0 Å². The summed E-state index contributed by atoms with van der Waals surface area (Å²) in [5.74, 6) is 0. The van der Waals surface area contributed by atoms with E-state index in [1.807, 2.05) is 6.07 Å². The maximum Gasteiger partial charge on any atom is 0.293 e. The van der Waals surface area contributed by atoms with Gasteiger partial charge in [-0.05, 0) is 25.1 Å². The number of piperazine rings is 1. The van der Waals surface area contributed by atoms with Gasteiger partial charge < -0.3 is 9.80 Å². The Morgan fingerprint density at radius 2 is 2.04 bits per heavy atom. The highest BCUT2D eigenvalue weighted by Crippen LogP contribution is 2.32. The van der Waals surface area contributed by atoms with Gasteiger partial charge in [0.1, 0.15) is 5.69 Å². The van der Waals surface area contributed by atoms with Crippen LogP contribution in [-0.4, -0.2) is 66.6 Å². The lowest BCUT2D eigenvalue weighted by Crippen LogP contribution is -2.50. The molecule has 24 heavy (non-hydrogen) atoms. The van der Waals surface area contributed by atoms with Crippen molar-refractivity contribution in [1.82, 2.24) is 9.80 Å². The summed E-state index contributed by atoms with van der Waals surface area (Å²) in [4.78, 5) is 18.0. The molecule has 0 saturated carbocycles. The molecule has 2 fully saturated rings. The Balaban J connectivity index is 1.70. The van der Waals surface area contributed by atoms with Gasteiger partial charge in [0.15, 0.2) is 0 Å². The second-order valence-electron chi connectivity index (χ2n) is 6.43. The third-order valence-corrected chi connectivity index (χ3v) is 5.18. The van der Waals surface area contributed by atoms with Gasteiger partial charge >= 0.3 is 0 Å². The van der Waals surface area contributed by atoms with E-state index in [-0.39, 0.29) is 10.6 Å². The quantitative estimate of drug-likeness (QED) is 0.618. The number of nitro benzene ring substituents is 1. The zero-order valence-corrected chi connectivity index (χ0v) is 14.0. The lowest BCUT2D eigenvalue weighted by Gasteiger charge is -2.37. The molecule has 7 nitrogen and oxygen atoms in total. The van der Waals surface area contributed by atoms with Crippen LogP contribution >= 0.6 is 0 Å². The lowest BCUT2D eigenvalue weighted by atomic mass is 10.1. The van der Waals surface area contributed by atoms with E-state index in [0.29, 0.717) is 17.3 Å². The lowest BCUT2D eigenvalue weighted by molar-refractivity contribution is -0.384. The van der Waals surface area contributed by atoms with Gasteiger partial charge in [0.25, 0.3) is 5.69 Å². The van der Waals surface area contributed by atoms with E-state index in [2.05, 4.69) is 21.6 Å². The fraction of sp³-hybridized carbons (Fsp3) is 0.588. The van der Waals surface area contributed by atoms with Crippen molar-refractivity contribution in [2.45, 2.75) is 19.4 Å². The van der Waals surface area contributed by atoms with Crippen LogP contribution in [0.4, 0.5) is 11.4 Å². The first kappa shape index (κ1) is 16.7. The topological polar surface area (TPSA) is 76.6 Å². The Hall–Kier alpha value is -2.17. The Morgan fingerprint density at radius 3 is 2.67 bits per heavy atom. The summed E-state index contributed by atoms with van der Waals surface area (Å²) in [5.41, 5.74) is 0.996. The monoisotopic (exact) mass is 329 g/mol. The van der Waals surface area contributed by atoms with Crippen molar-refractivity contribution in [2.24, 2.45) is 0 Å². The van der Waals surface area contributed by atoms with Crippen LogP contribution in [0.3, 0.4) is 0 Å². The van der Waals surface area contributed by atoms with Gasteiger partial charge in [0, 0.05) is 51.4 Å². The molecule has 2 heterocycles. The van der Waals surface area contributed by atoms with Crippen LogP contribution in [-0.2, 0) is 0 Å². The highest BCUT2D eigenvalue weighted by molar-refractivity contribution is 5.66. The van der Waals surface area contributed by atoms with Gasteiger partial charge in [-0.1, -0.05) is 6.92 Å². The normalized spacial score (nSPS) is 22.5. The molecule has 1 aromatic rings. The molecule has 0 amide bonds. The van der Waals surface area contributed by atoms with Crippen LogP contribution in [0.2, 0.25) is 0 Å². The van der Waals surface area contributed by atoms with Crippen LogP contribution in [0.5, 0.6) is 0 Å². The summed E-state index contributed by atoms with van der Waals surface area (Å²) in [6.07, 6.45) is 1.03. The minimum absolute atomic E-state index is 0.0329. The molecule has 1 atom stereocenters. The molecule has 128 valence electrons. The standard InChI is InChI=1S/C17H23N5O2/c1-2-19-7-9-20(10-8-19)15-5-6-21(13-15)16-4-3-14(12-18)11-17(16)22(23)24/h3-4,11,15H,2,5-10,13H2,1H3. The van der Waals surface area contributed by atoms with Crippen molar-refractivity contribution in [3.63, 3.8) is 0 Å². The molecule has 0 radical (unpaired) electrons. The van der Waals surface area contributed by atoms with Crippen molar-refractivity contribution in [3.05, 3.63) is 33.9 Å². The molecule has 0 spiro atoms. The fourth-order valence-corrected chi connectivity index (χ4v) is 3.71. The van der Waals surface area contributed by atoms with Crippen molar-refractivity contribution in [1.29, 1.82) is 5.26 Å². The number of nitro groups is 1. The third-order valence-electron chi connectivity index (χ3n) is 5.18. The third kappa shape index (κ3) is 3.35. The van der Waals surface area contributed by atoms with Gasteiger partial charge in [0.2, 0.25) is 0 Å². The van der Waals surface area contributed by atoms with E-state index in [0.717, 1.165) is 52.2 Å². The highest BCUT2D eigenvalue weighted by Gasteiger charge is 2.32. The average molecular weight is 329 g/mol. The van der Waals surface area contributed by atoms with Crippen molar-refractivity contribution >= 4 is 11.4 Å². The summed E-state index contributed by atoms with van der Waals surface area (Å²) < 4.78 is 0. The molecule has 2 aliphatic heterocycles. The van der Waals surface area contributed by atoms with Crippen LogP contribution in [0.1, 0.15) is 18.9 Å². The highest BCUT2D eigenvalue weighted by atomic mass is 16.6. The van der Waals surface area contributed by atoms with E-state index in [1.165, 1.54) is 6.07 Å². The average Bonchev–Trinajstić information content (AvgIpc) is 3.11. The minimum Gasteiger partial charge on any atom is -0.364 e. The minimum atomic E-state index is -0.385. The van der Waals surface area contributed by atoms with Crippen LogP contribution < -0.4 is 4.90 Å². The molecule has 2 aliphatic rings. The predicted octanol–water partition coefficient (Wildman–Crippen LogP) is 1.68. The van der Waals surface area contributed by atoms with Crippen molar-refractivity contribution in [2.75, 3.05) is 50.7 Å². The molecule has 1 unspecified atom stereocenters. The van der Waals surface area contributed by atoms with Gasteiger partial charge in [-0.25, -0.2) is 0 Å². The molecule has 2 saturated heterocycles. The summed E-state index contributed by atoms with van der Waals surface area (Å²) >= 11 is 0. The largest absolute Gasteiger partial charge is 0.364 e. The zero-order valence-electron chi connectivity index (χ0n) is 14.0. The second kappa shape index (κ2) is 7.16. The number of likely N-dealkylation sites (N-methyl/N-ethyl adjacent to an activating group) is 1. The van der Waals surface area contributed by atoms with E-state index in [4.69, 9.17) is 5.26 Å². The Bertz CT molecular complexity index is 649. The molecule has 3 rings (SSSR count). The summed E-state index contributed by atoms with van der Waals surface area (Å²) in [5, 5.41) is 20.3. The summed E-state index contributed by atoms with van der Waals surface area (Å²) in [6.45, 7) is 9.28. The first-order valence-electron chi connectivity index (χ1n) is 8.52. The molecule has 7 heteroatoms. The smallest absolute Gasteiger partial charge is 0.293 e. The van der Waals surface area contributed by atoms with Gasteiger partial charge in [0.05, 0.1) is 16.6 Å². The van der Waals surface area contributed by atoms with Gasteiger partial charge in [-0.2, -0.15) is 5.26 Å². The Labute approximate surface area is 142 Å². The molecule has 1 aromatic carbocycles. The van der Waals surface area contributed by atoms with Gasteiger partial charge in [-0.15, -0.1) is 0 Å². The number of nitrogens with zero attached hydrogens (tertiary/aromatic N) is 5. The number of hydrogen-bond donors (Lipinski definition) is 0. The van der Waals surface area contributed by atoms with Crippen molar-refractivity contribution < 1.29 is 4.92 Å². The molecule has 0 bridgehead atoms. The number of nitriles is 1. The van der Waals surface area contributed by atoms with E-state index in [9.17, 15) is 10.1 Å². The first-order valence-corrected chi connectivity index (χ1v) is 8.52. The number of benzene rings is 1. The molecular formula is C17H23N5O2. The molecule has 0 aromatic heterocycles. The second-order valence-corrected chi connectivity index (χ2v) is 6.43. The summed E-state index contributed by atoms with van der Waals surface area (Å²) in [7, 11) is 0. The molecule has 0 aliphatic carbocycles. The Kier molecular flexibility index (Phi) is 4.97. The predicted molar refractivity (Wildman–Crippen MR) is 92.1 cm³/mol. The van der Waals surface area contributed by atoms with Crippen LogP contribution in [0, 0.1) is 21.4 Å². The number of anilines is 1. The maximum atomic E-state index is 11.4. The van der Waals surface area contributed by atoms with Gasteiger partial charge in [-0.3, -0.25) is 15.0 Å². The van der Waals surface area contributed by atoms with Crippen LogP contribution in [0.25, 0.3) is 0 Å². The van der Waals surface area contributed by atoms with E-state index < -0.39 is 0 Å². The Morgan fingerprint density at radius 1 is 1.29 bits per heavy atom. The number of hydrogen-bond acceptors (Lipinski definition) is 6. The maximum absolute atomic E-state index is 11.4. The molecule has 0 N–H and O–H groups in total. The first-order chi connectivity index (χ1) is 11.6. The van der Waals surface area contributed by atoms with Crippen molar-refractivity contribution in [3.8, 4) is 6.07 Å². The molecular weight excluding hydrogens is 306 g/mol. The summed E-state index contributed by atoms with van der Waals surface area (Å²) in [6, 6.07) is 7.19. The van der Waals surface area contributed by atoms with Crippen LogP contribution in [0.15, 0.2) is 18.2 Å². The SMILES string of the molecule is CCN1CCN(C2CCN(c3ccc(C#N)cc3[N+](=O)[O-])C2)CC1.